The molecule has 1 aromatic heterocycles. The molecule has 40 heavy (non-hydrogen) atoms. The first-order valence-corrected chi connectivity index (χ1v) is 13.9. The molecule has 1 aliphatic heterocycles. The number of benzene rings is 2. The van der Waals surface area contributed by atoms with Crippen molar-refractivity contribution in [2.24, 2.45) is 22.1 Å². The van der Waals surface area contributed by atoms with E-state index in [2.05, 4.69) is 44.6 Å². The Bertz CT molecular complexity index is 1500. The summed E-state index contributed by atoms with van der Waals surface area (Å²) in [6, 6.07) is 10.3. The van der Waals surface area contributed by atoms with Gasteiger partial charge in [-0.1, -0.05) is 52.3 Å². The number of Topliss-reactive ketones (excluding diaryl/α,β-unsaturated/α-hetero) is 1. The highest BCUT2D eigenvalue weighted by atomic mass is 35.5. The van der Waals surface area contributed by atoms with Crippen molar-refractivity contribution in [3.63, 3.8) is 0 Å². The van der Waals surface area contributed by atoms with Crippen LogP contribution in [0.15, 0.2) is 59.2 Å². The Kier molecular flexibility index (Phi) is 8.94. The number of pyridine rings is 1. The maximum absolute atomic E-state index is 12.8. The molecule has 3 aromatic rings. The van der Waals surface area contributed by atoms with Gasteiger partial charge in [0.15, 0.2) is 0 Å². The van der Waals surface area contributed by atoms with Gasteiger partial charge in [0.25, 0.3) is 5.91 Å². The van der Waals surface area contributed by atoms with Gasteiger partial charge < -0.3 is 15.2 Å². The number of aliphatic imine (C=N–C) groups is 1. The van der Waals surface area contributed by atoms with Crippen molar-refractivity contribution in [2.45, 2.75) is 53.9 Å². The minimum Gasteiger partial charge on any atom is -0.493 e. The maximum Gasteiger partial charge on any atom is 0.252 e. The zero-order chi connectivity index (χ0) is 29.0. The van der Waals surface area contributed by atoms with Crippen molar-refractivity contribution in [2.75, 3.05) is 13.2 Å². The van der Waals surface area contributed by atoms with Crippen LogP contribution in [-0.2, 0) is 11.2 Å². The lowest BCUT2D eigenvalue weighted by Crippen LogP contribution is -2.16. The minimum absolute atomic E-state index is 0.0327. The number of primary amides is 1. The van der Waals surface area contributed by atoms with Crippen LogP contribution in [0.25, 0.3) is 10.9 Å². The summed E-state index contributed by atoms with van der Waals surface area (Å²) in [5.74, 6) is 1.34. The van der Waals surface area contributed by atoms with Gasteiger partial charge in [0, 0.05) is 46.6 Å². The van der Waals surface area contributed by atoms with E-state index in [1.807, 2.05) is 6.08 Å². The quantitative estimate of drug-likeness (QED) is 0.268. The Morgan fingerprint density at radius 2 is 1.85 bits per heavy atom. The second-order valence-corrected chi connectivity index (χ2v) is 12.0. The van der Waals surface area contributed by atoms with Crippen LogP contribution in [0.4, 0.5) is 0 Å². The number of aromatic nitrogens is 1. The second-order valence-electron chi connectivity index (χ2n) is 11.6. The lowest BCUT2D eigenvalue weighted by molar-refractivity contribution is -0.117. The van der Waals surface area contributed by atoms with Crippen molar-refractivity contribution >= 4 is 39.9 Å². The van der Waals surface area contributed by atoms with Gasteiger partial charge in [0.2, 0.25) is 0 Å². The first-order valence-electron chi connectivity index (χ1n) is 13.5. The van der Waals surface area contributed by atoms with Gasteiger partial charge in [-0.05, 0) is 53.8 Å². The molecule has 0 spiro atoms. The summed E-state index contributed by atoms with van der Waals surface area (Å²) in [6.07, 6.45) is 5.09. The molecule has 0 aliphatic carbocycles. The van der Waals surface area contributed by atoms with Crippen molar-refractivity contribution in [1.82, 2.24) is 4.98 Å². The van der Waals surface area contributed by atoms with E-state index in [0.29, 0.717) is 58.7 Å². The zero-order valence-corrected chi connectivity index (χ0v) is 24.5. The lowest BCUT2D eigenvalue weighted by Gasteiger charge is -2.16. The first kappa shape index (κ1) is 29.3. The monoisotopic (exact) mass is 561 g/mol. The predicted molar refractivity (Wildman–Crippen MR) is 160 cm³/mol. The average Bonchev–Trinajstić information content (AvgIpc) is 3.34. The smallest absolute Gasteiger partial charge is 0.252 e. The standard InChI is InChI=1S/C32H36ClN3O4/c1-19(2)9-11-39-29-17-27-24(16-25(29)31(34)38)28(8-10-35-27)40-23-7-6-21(26(33)15-23)14-22(37)12-20-13-30(36-18-20)32(3,4)5/h6-8,10,13,15-17,19H,9,11-12,14,18H2,1-5H3,(H2,34,38). The first-order chi connectivity index (χ1) is 18.9. The molecular formula is C32H36ClN3O4. The van der Waals surface area contributed by atoms with Crippen LogP contribution in [0.1, 0.15) is 63.4 Å². The van der Waals surface area contributed by atoms with E-state index in [1.54, 1.807) is 42.6 Å². The number of amides is 1. The van der Waals surface area contributed by atoms with E-state index >= 15 is 0 Å². The van der Waals surface area contributed by atoms with Crippen LogP contribution >= 0.6 is 11.6 Å². The topological polar surface area (TPSA) is 104 Å². The Morgan fingerprint density at radius 1 is 1.07 bits per heavy atom. The summed E-state index contributed by atoms with van der Waals surface area (Å²) in [4.78, 5) is 34.0. The Labute approximate surface area is 240 Å². The SMILES string of the molecule is CC(C)CCOc1cc2nccc(Oc3ccc(CC(=O)CC4=CC(C(C)(C)C)=NC4)c(Cl)c3)c2cc1C(N)=O. The summed E-state index contributed by atoms with van der Waals surface area (Å²) in [5.41, 5.74) is 9.28. The number of halogens is 1. The molecule has 4 rings (SSSR count). The second kappa shape index (κ2) is 12.2. The summed E-state index contributed by atoms with van der Waals surface area (Å²) in [5, 5.41) is 1.06. The van der Waals surface area contributed by atoms with E-state index in [9.17, 15) is 9.59 Å². The molecule has 1 amide bonds. The highest BCUT2D eigenvalue weighted by molar-refractivity contribution is 6.31. The number of nitrogens with two attached hydrogens (primary N) is 1. The van der Waals surface area contributed by atoms with Crippen molar-refractivity contribution in [1.29, 1.82) is 0 Å². The molecule has 0 unspecified atom stereocenters. The summed E-state index contributed by atoms with van der Waals surface area (Å²) < 4.78 is 12.0. The van der Waals surface area contributed by atoms with E-state index in [0.717, 1.165) is 23.3 Å². The fraction of sp³-hybridized carbons (Fsp3) is 0.375. The van der Waals surface area contributed by atoms with E-state index in [1.165, 1.54) is 0 Å². The number of ketones is 1. The number of ether oxygens (including phenoxy) is 2. The molecule has 210 valence electrons. The van der Waals surface area contributed by atoms with E-state index < -0.39 is 5.91 Å². The third-order valence-electron chi connectivity index (χ3n) is 6.65. The lowest BCUT2D eigenvalue weighted by atomic mass is 9.89. The van der Waals surface area contributed by atoms with E-state index in [-0.39, 0.29) is 23.2 Å². The summed E-state index contributed by atoms with van der Waals surface area (Å²) in [7, 11) is 0. The minimum atomic E-state index is -0.595. The molecule has 2 N–H and O–H groups in total. The molecule has 2 heterocycles. The van der Waals surface area contributed by atoms with Gasteiger partial charge in [-0.15, -0.1) is 0 Å². The molecule has 0 atom stereocenters. The fourth-order valence-corrected chi connectivity index (χ4v) is 4.61. The van der Waals surface area contributed by atoms with Gasteiger partial charge in [-0.3, -0.25) is 19.6 Å². The average molecular weight is 562 g/mol. The number of hydrogen-bond donors (Lipinski definition) is 1. The number of carbonyl (C=O) groups excluding carboxylic acids is 2. The van der Waals surface area contributed by atoms with Crippen LogP contribution in [0, 0.1) is 11.3 Å². The number of hydrogen-bond acceptors (Lipinski definition) is 6. The number of nitrogens with zero attached hydrogens (tertiary/aromatic N) is 2. The molecule has 0 saturated carbocycles. The van der Waals surface area contributed by atoms with Crippen LogP contribution < -0.4 is 15.2 Å². The summed E-state index contributed by atoms with van der Waals surface area (Å²) in [6.45, 7) is 11.6. The maximum atomic E-state index is 12.8. The van der Waals surface area contributed by atoms with Crippen LogP contribution in [0.2, 0.25) is 5.02 Å². The number of fused-ring (bicyclic) bond motifs is 1. The Balaban J connectivity index is 1.48. The third kappa shape index (κ3) is 7.27. The predicted octanol–water partition coefficient (Wildman–Crippen LogP) is 7.13. The molecule has 1 aliphatic rings. The van der Waals surface area contributed by atoms with Crippen molar-refractivity contribution in [3.8, 4) is 17.2 Å². The molecular weight excluding hydrogens is 526 g/mol. The normalized spacial score (nSPS) is 13.4. The third-order valence-corrected chi connectivity index (χ3v) is 7.00. The molecule has 2 aromatic carbocycles. The van der Waals surface area contributed by atoms with Gasteiger partial charge in [0.05, 0.1) is 24.2 Å². The molecule has 7 nitrogen and oxygen atoms in total. The van der Waals surface area contributed by atoms with Gasteiger partial charge in [-0.2, -0.15) is 0 Å². The largest absolute Gasteiger partial charge is 0.493 e. The van der Waals surface area contributed by atoms with Crippen molar-refractivity contribution in [3.05, 3.63) is 70.4 Å². The highest BCUT2D eigenvalue weighted by Crippen LogP contribution is 2.35. The molecule has 0 fully saturated rings. The van der Waals surface area contributed by atoms with Crippen molar-refractivity contribution < 1.29 is 19.1 Å². The van der Waals surface area contributed by atoms with Crippen LogP contribution in [0.3, 0.4) is 0 Å². The van der Waals surface area contributed by atoms with Gasteiger partial charge in [-0.25, -0.2) is 0 Å². The number of rotatable bonds is 11. The molecule has 0 saturated heterocycles. The number of carbonyl (C=O) groups is 2. The fourth-order valence-electron chi connectivity index (χ4n) is 4.38. The molecule has 0 radical (unpaired) electrons. The van der Waals surface area contributed by atoms with Crippen LogP contribution in [0.5, 0.6) is 17.2 Å². The molecule has 0 bridgehead atoms. The van der Waals surface area contributed by atoms with Crippen LogP contribution in [-0.4, -0.2) is 35.5 Å². The van der Waals surface area contributed by atoms with E-state index in [4.69, 9.17) is 26.8 Å². The number of allylic oxidation sites excluding steroid dienone is 1. The highest BCUT2D eigenvalue weighted by Gasteiger charge is 2.22. The zero-order valence-electron chi connectivity index (χ0n) is 23.7. The Hall–Kier alpha value is -3.71. The van der Waals surface area contributed by atoms with Gasteiger partial charge in [0.1, 0.15) is 23.0 Å². The molecule has 8 heteroatoms. The summed E-state index contributed by atoms with van der Waals surface area (Å²) >= 11 is 6.56. The Morgan fingerprint density at radius 3 is 2.50 bits per heavy atom. The van der Waals surface area contributed by atoms with Gasteiger partial charge >= 0.3 is 0 Å².